The summed E-state index contributed by atoms with van der Waals surface area (Å²) in [6.07, 6.45) is 0. The molecule has 106 valence electrons. The Morgan fingerprint density at radius 3 is 2.50 bits per heavy atom. The van der Waals surface area contributed by atoms with Gasteiger partial charge in [-0.3, -0.25) is 0 Å². The predicted octanol–water partition coefficient (Wildman–Crippen LogP) is 4.21. The molecule has 3 nitrogen and oxygen atoms in total. The number of carbonyl (C=O) groups excluding carboxylic acids is 1. The topological polar surface area (TPSA) is 39.2 Å². The SMILES string of the molecule is COC(=O)c1ncsc1-c1ccc(SC(F)(F)F)cc1. The lowest BCUT2D eigenvalue weighted by molar-refractivity contribution is -0.0328. The first-order valence-corrected chi connectivity index (χ1v) is 6.98. The van der Waals surface area contributed by atoms with Gasteiger partial charge >= 0.3 is 11.5 Å². The molecule has 0 atom stereocenters. The smallest absolute Gasteiger partial charge is 0.446 e. The zero-order chi connectivity index (χ0) is 14.8. The third-order valence-electron chi connectivity index (χ3n) is 2.30. The van der Waals surface area contributed by atoms with Crippen molar-refractivity contribution in [2.45, 2.75) is 10.4 Å². The van der Waals surface area contributed by atoms with E-state index < -0.39 is 11.5 Å². The number of hydrogen-bond donors (Lipinski definition) is 0. The van der Waals surface area contributed by atoms with E-state index in [0.717, 1.165) is 0 Å². The minimum absolute atomic E-state index is 0.0883. The number of alkyl halides is 3. The molecule has 0 saturated heterocycles. The number of rotatable bonds is 3. The van der Waals surface area contributed by atoms with Crippen LogP contribution in [0.5, 0.6) is 0 Å². The van der Waals surface area contributed by atoms with Crippen molar-refractivity contribution in [2.75, 3.05) is 7.11 Å². The summed E-state index contributed by atoms with van der Waals surface area (Å²) >= 11 is 1.04. The molecular formula is C12H8F3NO2S2. The normalized spacial score (nSPS) is 11.4. The fourth-order valence-corrected chi connectivity index (χ4v) is 2.82. The van der Waals surface area contributed by atoms with Gasteiger partial charge < -0.3 is 4.74 Å². The Morgan fingerprint density at radius 1 is 1.30 bits per heavy atom. The molecule has 0 aliphatic rings. The third-order valence-corrected chi connectivity index (χ3v) is 3.91. The van der Waals surface area contributed by atoms with Crippen LogP contribution in [0.4, 0.5) is 13.2 Å². The molecule has 0 spiro atoms. The Morgan fingerprint density at radius 2 is 1.95 bits per heavy atom. The molecule has 20 heavy (non-hydrogen) atoms. The summed E-state index contributed by atoms with van der Waals surface area (Å²) in [6.45, 7) is 0. The van der Waals surface area contributed by atoms with Gasteiger partial charge in [0, 0.05) is 4.90 Å². The van der Waals surface area contributed by atoms with E-state index in [1.54, 1.807) is 0 Å². The highest BCUT2D eigenvalue weighted by Gasteiger charge is 2.29. The summed E-state index contributed by atoms with van der Waals surface area (Å²) in [5.41, 5.74) is -2.04. The number of halogens is 3. The maximum absolute atomic E-state index is 12.2. The summed E-state index contributed by atoms with van der Waals surface area (Å²) in [4.78, 5) is 16.1. The van der Waals surface area contributed by atoms with Crippen LogP contribution in [0.3, 0.4) is 0 Å². The van der Waals surface area contributed by atoms with Gasteiger partial charge in [-0.1, -0.05) is 12.1 Å². The second-order valence-electron chi connectivity index (χ2n) is 3.59. The number of esters is 1. The molecule has 1 heterocycles. The molecule has 0 radical (unpaired) electrons. The van der Waals surface area contributed by atoms with Crippen molar-refractivity contribution in [2.24, 2.45) is 0 Å². The number of nitrogens with zero attached hydrogens (tertiary/aromatic N) is 1. The lowest BCUT2D eigenvalue weighted by Crippen LogP contribution is -2.03. The maximum atomic E-state index is 12.2. The molecule has 0 amide bonds. The summed E-state index contributed by atoms with van der Waals surface area (Å²) in [6, 6.07) is 5.75. The number of hydrogen-bond acceptors (Lipinski definition) is 5. The molecule has 1 aromatic heterocycles. The summed E-state index contributed by atoms with van der Waals surface area (Å²) in [5, 5.41) is 0. The van der Waals surface area contributed by atoms with Gasteiger partial charge in [0.05, 0.1) is 17.5 Å². The minimum Gasteiger partial charge on any atom is -0.464 e. The molecule has 0 aliphatic heterocycles. The molecule has 0 N–H and O–H groups in total. The quantitative estimate of drug-likeness (QED) is 0.627. The van der Waals surface area contributed by atoms with Gasteiger partial charge in [-0.05, 0) is 29.5 Å². The van der Waals surface area contributed by atoms with Crippen molar-refractivity contribution in [3.63, 3.8) is 0 Å². The second-order valence-corrected chi connectivity index (χ2v) is 5.59. The molecule has 0 aliphatic carbocycles. The van der Waals surface area contributed by atoms with Crippen LogP contribution in [-0.4, -0.2) is 23.6 Å². The van der Waals surface area contributed by atoms with Crippen LogP contribution in [0.25, 0.3) is 10.4 Å². The van der Waals surface area contributed by atoms with Crippen molar-refractivity contribution in [3.8, 4) is 10.4 Å². The number of aromatic nitrogens is 1. The lowest BCUT2D eigenvalue weighted by atomic mass is 10.1. The first-order valence-electron chi connectivity index (χ1n) is 5.28. The monoisotopic (exact) mass is 319 g/mol. The Kier molecular flexibility index (Phi) is 4.34. The first-order chi connectivity index (χ1) is 9.40. The largest absolute Gasteiger partial charge is 0.464 e. The highest BCUT2D eigenvalue weighted by atomic mass is 32.2. The van der Waals surface area contributed by atoms with Crippen molar-refractivity contribution >= 4 is 29.1 Å². The molecule has 2 rings (SSSR count). The van der Waals surface area contributed by atoms with Crippen molar-refractivity contribution < 1.29 is 22.7 Å². The van der Waals surface area contributed by atoms with E-state index in [2.05, 4.69) is 9.72 Å². The van der Waals surface area contributed by atoms with Crippen LogP contribution >= 0.6 is 23.1 Å². The van der Waals surface area contributed by atoms with Gasteiger partial charge in [0.15, 0.2) is 5.69 Å². The van der Waals surface area contributed by atoms with Gasteiger partial charge in [-0.25, -0.2) is 9.78 Å². The lowest BCUT2D eigenvalue weighted by Gasteiger charge is -2.06. The van der Waals surface area contributed by atoms with Gasteiger partial charge in [-0.15, -0.1) is 11.3 Å². The van der Waals surface area contributed by atoms with Crippen molar-refractivity contribution in [1.29, 1.82) is 0 Å². The van der Waals surface area contributed by atoms with Gasteiger partial charge in [0.1, 0.15) is 0 Å². The number of carbonyl (C=O) groups is 1. The Hall–Kier alpha value is -1.54. The average molecular weight is 319 g/mol. The summed E-state index contributed by atoms with van der Waals surface area (Å²) in [5.74, 6) is -0.574. The molecule has 2 aromatic rings. The van der Waals surface area contributed by atoms with E-state index in [9.17, 15) is 18.0 Å². The first kappa shape index (κ1) is 14.9. The number of ether oxygens (including phenoxy) is 1. The van der Waals surface area contributed by atoms with Crippen LogP contribution in [0, 0.1) is 0 Å². The van der Waals surface area contributed by atoms with Gasteiger partial charge in [-0.2, -0.15) is 13.2 Å². The number of methoxy groups -OCH3 is 1. The van der Waals surface area contributed by atoms with Gasteiger partial charge in [0.25, 0.3) is 0 Å². The maximum Gasteiger partial charge on any atom is 0.446 e. The Bertz CT molecular complexity index is 608. The predicted molar refractivity (Wildman–Crippen MR) is 70.8 cm³/mol. The Balaban J connectivity index is 2.27. The molecule has 8 heteroatoms. The van der Waals surface area contributed by atoms with E-state index >= 15 is 0 Å². The minimum atomic E-state index is -4.32. The second kappa shape index (κ2) is 5.84. The van der Waals surface area contributed by atoms with Crippen molar-refractivity contribution in [1.82, 2.24) is 4.98 Å². The molecule has 0 saturated carbocycles. The fraction of sp³-hybridized carbons (Fsp3) is 0.167. The van der Waals surface area contributed by atoms with Crippen LogP contribution in [0.1, 0.15) is 10.5 Å². The van der Waals surface area contributed by atoms with E-state index in [1.165, 1.54) is 48.2 Å². The average Bonchev–Trinajstić information content (AvgIpc) is 2.86. The van der Waals surface area contributed by atoms with Crippen LogP contribution in [0.15, 0.2) is 34.7 Å². The van der Waals surface area contributed by atoms with E-state index in [4.69, 9.17) is 0 Å². The standard InChI is InChI=1S/C12H8F3NO2S2/c1-18-11(17)9-10(19-6-16-9)7-2-4-8(5-3-7)20-12(13,14)15/h2-6H,1H3. The molecule has 0 bridgehead atoms. The fourth-order valence-electron chi connectivity index (χ4n) is 1.50. The zero-order valence-electron chi connectivity index (χ0n) is 10.1. The van der Waals surface area contributed by atoms with Gasteiger partial charge in [0.2, 0.25) is 0 Å². The number of thiazole rings is 1. The number of thioether (sulfide) groups is 1. The van der Waals surface area contributed by atoms with Crippen LogP contribution in [-0.2, 0) is 4.74 Å². The number of benzene rings is 1. The molecule has 0 fully saturated rings. The highest BCUT2D eigenvalue weighted by Crippen LogP contribution is 2.38. The van der Waals surface area contributed by atoms with E-state index in [-0.39, 0.29) is 22.4 Å². The summed E-state index contributed by atoms with van der Waals surface area (Å²) < 4.78 is 41.3. The molecule has 0 unspecified atom stereocenters. The van der Waals surface area contributed by atoms with Crippen molar-refractivity contribution in [3.05, 3.63) is 35.5 Å². The van der Waals surface area contributed by atoms with Crippen LogP contribution < -0.4 is 0 Å². The third kappa shape index (κ3) is 3.51. The molecular weight excluding hydrogens is 311 g/mol. The van der Waals surface area contributed by atoms with E-state index in [1.807, 2.05) is 0 Å². The highest BCUT2D eigenvalue weighted by molar-refractivity contribution is 8.00. The van der Waals surface area contributed by atoms with E-state index in [0.29, 0.717) is 10.4 Å². The molecule has 1 aromatic carbocycles. The summed E-state index contributed by atoms with van der Waals surface area (Å²) in [7, 11) is 1.24. The van der Waals surface area contributed by atoms with Crippen LogP contribution in [0.2, 0.25) is 0 Å². The zero-order valence-corrected chi connectivity index (χ0v) is 11.7. The Labute approximate surface area is 120 Å².